The molecule has 2 rings (SSSR count). The lowest BCUT2D eigenvalue weighted by Crippen LogP contribution is -2.35. The normalized spacial score (nSPS) is 17.7. The summed E-state index contributed by atoms with van der Waals surface area (Å²) in [5, 5.41) is 3.77. The second kappa shape index (κ2) is 6.24. The molecule has 6 heteroatoms. The van der Waals surface area contributed by atoms with Crippen LogP contribution in [0, 0.1) is 0 Å². The second-order valence-electron chi connectivity index (χ2n) is 4.45. The van der Waals surface area contributed by atoms with E-state index in [0.717, 1.165) is 36.9 Å². The minimum absolute atomic E-state index is 0.274. The standard InChI is InChI=1S/C12H20N4OS/c1-13-10-8-11(15-12(14-10)18-3)17-9-4-6-16(2)7-5-9/h8-9H,4-7H2,1-3H3,(H,13,14,15). The van der Waals surface area contributed by atoms with E-state index >= 15 is 0 Å². The quantitative estimate of drug-likeness (QED) is 0.663. The molecule has 0 unspecified atom stereocenters. The van der Waals surface area contributed by atoms with Crippen LogP contribution in [0.1, 0.15) is 12.8 Å². The SMILES string of the molecule is CNc1cc(OC2CCN(C)CC2)nc(SC)n1. The summed E-state index contributed by atoms with van der Waals surface area (Å²) in [6.45, 7) is 2.17. The van der Waals surface area contributed by atoms with Gasteiger partial charge in [-0.15, -0.1) is 0 Å². The predicted octanol–water partition coefficient (Wildman–Crippen LogP) is 1.71. The largest absolute Gasteiger partial charge is 0.474 e. The van der Waals surface area contributed by atoms with Gasteiger partial charge < -0.3 is 15.0 Å². The van der Waals surface area contributed by atoms with Crippen LogP contribution in [0.5, 0.6) is 5.88 Å². The number of aromatic nitrogens is 2. The topological polar surface area (TPSA) is 50.3 Å². The highest BCUT2D eigenvalue weighted by atomic mass is 32.2. The van der Waals surface area contributed by atoms with E-state index in [9.17, 15) is 0 Å². The van der Waals surface area contributed by atoms with E-state index in [-0.39, 0.29) is 6.10 Å². The fourth-order valence-corrected chi connectivity index (χ4v) is 2.33. The molecular formula is C12H20N4OS. The molecule has 100 valence electrons. The minimum atomic E-state index is 0.274. The van der Waals surface area contributed by atoms with Crippen LogP contribution in [-0.2, 0) is 0 Å². The number of hydrogen-bond donors (Lipinski definition) is 1. The number of thioether (sulfide) groups is 1. The van der Waals surface area contributed by atoms with E-state index in [1.165, 1.54) is 11.8 Å². The average Bonchev–Trinajstić information content (AvgIpc) is 2.41. The van der Waals surface area contributed by atoms with Crippen LogP contribution in [0.15, 0.2) is 11.2 Å². The van der Waals surface area contributed by atoms with Crippen LogP contribution in [0.2, 0.25) is 0 Å². The molecule has 0 spiro atoms. The number of rotatable bonds is 4. The van der Waals surface area contributed by atoms with Gasteiger partial charge in [-0.1, -0.05) is 11.8 Å². The van der Waals surface area contributed by atoms with Crippen molar-refractivity contribution in [3.8, 4) is 5.88 Å². The molecule has 1 aromatic heterocycles. The Kier molecular flexibility index (Phi) is 4.66. The summed E-state index contributed by atoms with van der Waals surface area (Å²) < 4.78 is 5.96. The van der Waals surface area contributed by atoms with Crippen molar-refractivity contribution in [3.63, 3.8) is 0 Å². The van der Waals surface area contributed by atoms with E-state index in [2.05, 4.69) is 27.2 Å². The van der Waals surface area contributed by atoms with Crippen LogP contribution in [0.25, 0.3) is 0 Å². The molecule has 0 aliphatic carbocycles. The minimum Gasteiger partial charge on any atom is -0.474 e. The summed E-state index contributed by atoms with van der Waals surface area (Å²) in [4.78, 5) is 11.0. The van der Waals surface area contributed by atoms with Gasteiger partial charge in [-0.05, 0) is 26.1 Å². The van der Waals surface area contributed by atoms with E-state index in [1.54, 1.807) is 0 Å². The first-order valence-electron chi connectivity index (χ1n) is 6.17. The van der Waals surface area contributed by atoms with Gasteiger partial charge in [0.05, 0.1) is 0 Å². The molecule has 0 bridgehead atoms. The Morgan fingerprint density at radius 1 is 1.39 bits per heavy atom. The van der Waals surface area contributed by atoms with E-state index in [0.29, 0.717) is 5.88 Å². The summed E-state index contributed by atoms with van der Waals surface area (Å²) in [7, 11) is 4.00. The van der Waals surface area contributed by atoms with E-state index < -0.39 is 0 Å². The maximum absolute atomic E-state index is 5.96. The first-order chi connectivity index (χ1) is 8.71. The zero-order valence-electron chi connectivity index (χ0n) is 11.1. The predicted molar refractivity (Wildman–Crippen MR) is 74.5 cm³/mol. The summed E-state index contributed by atoms with van der Waals surface area (Å²) in [6.07, 6.45) is 4.36. The number of anilines is 1. The Balaban J connectivity index is 2.03. The molecule has 1 saturated heterocycles. The Labute approximate surface area is 112 Å². The van der Waals surface area contributed by atoms with Gasteiger partial charge in [-0.2, -0.15) is 4.98 Å². The fourth-order valence-electron chi connectivity index (χ4n) is 1.96. The maximum Gasteiger partial charge on any atom is 0.219 e. The zero-order chi connectivity index (χ0) is 13.0. The van der Waals surface area contributed by atoms with Crippen molar-refractivity contribution in [2.24, 2.45) is 0 Å². The third-order valence-electron chi connectivity index (χ3n) is 3.07. The molecule has 1 N–H and O–H groups in total. The van der Waals surface area contributed by atoms with Crippen molar-refractivity contribution in [1.82, 2.24) is 14.9 Å². The smallest absolute Gasteiger partial charge is 0.219 e. The highest BCUT2D eigenvalue weighted by Crippen LogP contribution is 2.22. The van der Waals surface area contributed by atoms with E-state index in [1.807, 2.05) is 19.4 Å². The molecule has 1 fully saturated rings. The highest BCUT2D eigenvalue weighted by Gasteiger charge is 2.19. The number of likely N-dealkylation sites (tertiary alicyclic amines) is 1. The number of ether oxygens (including phenoxy) is 1. The van der Waals surface area contributed by atoms with Gasteiger partial charge in [0.2, 0.25) is 5.88 Å². The molecule has 18 heavy (non-hydrogen) atoms. The maximum atomic E-state index is 5.96. The van der Waals surface area contributed by atoms with Gasteiger partial charge in [-0.3, -0.25) is 0 Å². The van der Waals surface area contributed by atoms with Crippen molar-refractivity contribution in [1.29, 1.82) is 0 Å². The summed E-state index contributed by atoms with van der Waals surface area (Å²) in [6, 6.07) is 1.86. The summed E-state index contributed by atoms with van der Waals surface area (Å²) >= 11 is 1.52. The van der Waals surface area contributed by atoms with Gasteiger partial charge in [-0.25, -0.2) is 4.98 Å². The van der Waals surface area contributed by atoms with Crippen molar-refractivity contribution >= 4 is 17.6 Å². The summed E-state index contributed by atoms with van der Waals surface area (Å²) in [5.41, 5.74) is 0. The van der Waals surface area contributed by atoms with Crippen LogP contribution in [0.4, 0.5) is 5.82 Å². The second-order valence-corrected chi connectivity index (χ2v) is 5.22. The number of piperidine rings is 1. The van der Waals surface area contributed by atoms with Crippen LogP contribution >= 0.6 is 11.8 Å². The third-order valence-corrected chi connectivity index (χ3v) is 3.62. The van der Waals surface area contributed by atoms with Gasteiger partial charge in [0.15, 0.2) is 5.16 Å². The van der Waals surface area contributed by atoms with Crippen molar-refractivity contribution in [3.05, 3.63) is 6.07 Å². The van der Waals surface area contributed by atoms with Crippen LogP contribution < -0.4 is 10.1 Å². The third kappa shape index (κ3) is 3.49. The Morgan fingerprint density at radius 2 is 2.11 bits per heavy atom. The molecule has 1 aromatic rings. The monoisotopic (exact) mass is 268 g/mol. The lowest BCUT2D eigenvalue weighted by molar-refractivity contribution is 0.109. The Hall–Kier alpha value is -1.01. The van der Waals surface area contributed by atoms with Crippen LogP contribution in [-0.4, -0.2) is 54.4 Å². The first-order valence-corrected chi connectivity index (χ1v) is 7.39. The van der Waals surface area contributed by atoms with Crippen molar-refractivity contribution in [2.75, 3.05) is 38.8 Å². The molecule has 1 aliphatic rings. The van der Waals surface area contributed by atoms with Gasteiger partial charge in [0.25, 0.3) is 0 Å². The lowest BCUT2D eigenvalue weighted by Gasteiger charge is -2.29. The van der Waals surface area contributed by atoms with Gasteiger partial charge >= 0.3 is 0 Å². The molecule has 0 aromatic carbocycles. The molecule has 1 aliphatic heterocycles. The molecule has 0 amide bonds. The van der Waals surface area contributed by atoms with Crippen molar-refractivity contribution in [2.45, 2.75) is 24.1 Å². The highest BCUT2D eigenvalue weighted by molar-refractivity contribution is 7.98. The molecule has 5 nitrogen and oxygen atoms in total. The zero-order valence-corrected chi connectivity index (χ0v) is 12.0. The van der Waals surface area contributed by atoms with Crippen molar-refractivity contribution < 1.29 is 4.74 Å². The molecule has 0 radical (unpaired) electrons. The molecular weight excluding hydrogens is 248 g/mol. The lowest BCUT2D eigenvalue weighted by atomic mass is 10.1. The Morgan fingerprint density at radius 3 is 2.72 bits per heavy atom. The van der Waals surface area contributed by atoms with Crippen LogP contribution in [0.3, 0.4) is 0 Å². The molecule has 0 atom stereocenters. The van der Waals surface area contributed by atoms with E-state index in [4.69, 9.17) is 4.74 Å². The fraction of sp³-hybridized carbons (Fsp3) is 0.667. The Bertz CT molecular complexity index is 371. The summed E-state index contributed by atoms with van der Waals surface area (Å²) in [5.74, 6) is 1.48. The molecule has 2 heterocycles. The number of nitrogens with one attached hydrogen (secondary N) is 1. The van der Waals surface area contributed by atoms with Gasteiger partial charge in [0, 0.05) is 26.2 Å². The average molecular weight is 268 g/mol. The number of nitrogens with zero attached hydrogens (tertiary/aromatic N) is 3. The number of hydrogen-bond acceptors (Lipinski definition) is 6. The first kappa shape index (κ1) is 13.4. The molecule has 0 saturated carbocycles. The van der Waals surface area contributed by atoms with Gasteiger partial charge in [0.1, 0.15) is 11.9 Å².